The highest BCUT2D eigenvalue weighted by molar-refractivity contribution is 5.92. The molecular formula is C12H15N7O. The quantitative estimate of drug-likeness (QED) is 0.781. The SMILES string of the molecule is Nc1ccc(N2CCN(C(=O)c3cn[nH]n3)CC2)nc1. The van der Waals surface area contributed by atoms with Gasteiger partial charge in [-0.05, 0) is 12.1 Å². The van der Waals surface area contributed by atoms with E-state index in [2.05, 4.69) is 25.3 Å². The molecule has 1 aliphatic rings. The van der Waals surface area contributed by atoms with E-state index >= 15 is 0 Å². The monoisotopic (exact) mass is 273 g/mol. The highest BCUT2D eigenvalue weighted by atomic mass is 16.2. The summed E-state index contributed by atoms with van der Waals surface area (Å²) in [6.07, 6.45) is 3.08. The predicted molar refractivity (Wildman–Crippen MR) is 73.1 cm³/mol. The van der Waals surface area contributed by atoms with Crippen LogP contribution in [0.5, 0.6) is 0 Å². The summed E-state index contributed by atoms with van der Waals surface area (Å²) in [6, 6.07) is 3.72. The maximum atomic E-state index is 12.1. The molecule has 0 radical (unpaired) electrons. The summed E-state index contributed by atoms with van der Waals surface area (Å²) in [7, 11) is 0. The number of pyridine rings is 1. The Morgan fingerprint density at radius 1 is 1.20 bits per heavy atom. The molecule has 1 fully saturated rings. The zero-order chi connectivity index (χ0) is 13.9. The summed E-state index contributed by atoms with van der Waals surface area (Å²) >= 11 is 0. The first-order valence-corrected chi connectivity index (χ1v) is 6.35. The number of aromatic nitrogens is 4. The number of carbonyl (C=O) groups is 1. The molecule has 1 amide bonds. The van der Waals surface area contributed by atoms with Crippen molar-refractivity contribution in [3.63, 3.8) is 0 Å². The van der Waals surface area contributed by atoms with Crippen LogP contribution in [0.2, 0.25) is 0 Å². The van der Waals surface area contributed by atoms with Crippen molar-refractivity contribution in [3.8, 4) is 0 Å². The fourth-order valence-electron chi connectivity index (χ4n) is 2.19. The van der Waals surface area contributed by atoms with Gasteiger partial charge in [0.05, 0.1) is 18.1 Å². The van der Waals surface area contributed by atoms with Crippen molar-refractivity contribution in [2.75, 3.05) is 36.8 Å². The molecule has 0 atom stereocenters. The van der Waals surface area contributed by atoms with Gasteiger partial charge in [0.15, 0.2) is 5.69 Å². The number of nitrogens with zero attached hydrogens (tertiary/aromatic N) is 5. The Labute approximate surface area is 115 Å². The molecule has 1 aliphatic heterocycles. The Balaban J connectivity index is 1.62. The lowest BCUT2D eigenvalue weighted by Gasteiger charge is -2.35. The molecule has 8 heteroatoms. The van der Waals surface area contributed by atoms with Gasteiger partial charge < -0.3 is 15.5 Å². The largest absolute Gasteiger partial charge is 0.397 e. The number of H-pyrrole nitrogens is 1. The van der Waals surface area contributed by atoms with Gasteiger partial charge in [0.1, 0.15) is 5.82 Å². The minimum atomic E-state index is -0.0938. The van der Waals surface area contributed by atoms with E-state index in [4.69, 9.17) is 5.73 Å². The van der Waals surface area contributed by atoms with Gasteiger partial charge in [-0.1, -0.05) is 0 Å². The van der Waals surface area contributed by atoms with Crippen molar-refractivity contribution in [1.82, 2.24) is 25.3 Å². The molecule has 0 unspecified atom stereocenters. The highest BCUT2D eigenvalue weighted by Gasteiger charge is 2.24. The molecule has 3 rings (SSSR count). The van der Waals surface area contributed by atoms with Crippen molar-refractivity contribution in [2.45, 2.75) is 0 Å². The molecule has 20 heavy (non-hydrogen) atoms. The Kier molecular flexibility index (Phi) is 3.20. The van der Waals surface area contributed by atoms with Gasteiger partial charge in [0.25, 0.3) is 5.91 Å². The fraction of sp³-hybridized carbons (Fsp3) is 0.333. The van der Waals surface area contributed by atoms with Crippen molar-refractivity contribution in [1.29, 1.82) is 0 Å². The summed E-state index contributed by atoms with van der Waals surface area (Å²) in [6.45, 7) is 2.75. The topological polar surface area (TPSA) is 104 Å². The summed E-state index contributed by atoms with van der Waals surface area (Å²) in [5, 5.41) is 9.91. The van der Waals surface area contributed by atoms with E-state index in [1.807, 2.05) is 12.1 Å². The van der Waals surface area contributed by atoms with Crippen molar-refractivity contribution >= 4 is 17.4 Å². The van der Waals surface area contributed by atoms with E-state index < -0.39 is 0 Å². The molecule has 2 aromatic rings. The second-order valence-corrected chi connectivity index (χ2v) is 4.58. The van der Waals surface area contributed by atoms with Crippen LogP contribution in [0, 0.1) is 0 Å². The number of amides is 1. The molecule has 3 heterocycles. The molecule has 0 saturated carbocycles. The molecule has 0 aromatic carbocycles. The third kappa shape index (κ3) is 2.40. The summed E-state index contributed by atoms with van der Waals surface area (Å²) < 4.78 is 0. The second kappa shape index (κ2) is 5.16. The third-order valence-corrected chi connectivity index (χ3v) is 3.30. The van der Waals surface area contributed by atoms with Crippen LogP contribution in [0.1, 0.15) is 10.5 Å². The van der Waals surface area contributed by atoms with Gasteiger partial charge in [-0.3, -0.25) is 4.79 Å². The van der Waals surface area contributed by atoms with Crippen LogP contribution in [-0.2, 0) is 0 Å². The average Bonchev–Trinajstić information content (AvgIpc) is 3.02. The first-order valence-electron chi connectivity index (χ1n) is 6.35. The number of rotatable bonds is 2. The van der Waals surface area contributed by atoms with E-state index in [0.717, 1.165) is 18.9 Å². The Morgan fingerprint density at radius 2 is 2.00 bits per heavy atom. The van der Waals surface area contributed by atoms with Crippen LogP contribution in [0.4, 0.5) is 11.5 Å². The number of anilines is 2. The Bertz CT molecular complexity index is 572. The van der Waals surface area contributed by atoms with E-state index in [-0.39, 0.29) is 5.91 Å². The lowest BCUT2D eigenvalue weighted by atomic mass is 10.2. The Morgan fingerprint density at radius 3 is 2.60 bits per heavy atom. The normalized spacial score (nSPS) is 15.4. The van der Waals surface area contributed by atoms with Crippen LogP contribution >= 0.6 is 0 Å². The first kappa shape index (κ1) is 12.4. The van der Waals surface area contributed by atoms with Gasteiger partial charge in [-0.15, -0.1) is 0 Å². The van der Waals surface area contributed by atoms with Crippen LogP contribution in [0.15, 0.2) is 24.5 Å². The van der Waals surface area contributed by atoms with Crippen LogP contribution < -0.4 is 10.6 Å². The van der Waals surface area contributed by atoms with E-state index in [1.165, 1.54) is 6.20 Å². The number of nitrogens with two attached hydrogens (primary N) is 1. The van der Waals surface area contributed by atoms with Gasteiger partial charge in [-0.2, -0.15) is 15.4 Å². The Hall–Kier alpha value is -2.64. The maximum absolute atomic E-state index is 12.1. The molecule has 1 saturated heterocycles. The number of hydrogen-bond donors (Lipinski definition) is 2. The second-order valence-electron chi connectivity index (χ2n) is 4.58. The van der Waals surface area contributed by atoms with Crippen LogP contribution in [-0.4, -0.2) is 57.4 Å². The first-order chi connectivity index (χ1) is 9.74. The average molecular weight is 273 g/mol. The smallest absolute Gasteiger partial charge is 0.276 e. The predicted octanol–water partition coefficient (Wildman–Crippen LogP) is -0.256. The van der Waals surface area contributed by atoms with Crippen molar-refractivity contribution < 1.29 is 4.79 Å². The van der Waals surface area contributed by atoms with E-state index in [1.54, 1.807) is 11.1 Å². The van der Waals surface area contributed by atoms with Crippen molar-refractivity contribution in [2.24, 2.45) is 0 Å². The molecule has 3 N–H and O–H groups in total. The van der Waals surface area contributed by atoms with Gasteiger partial charge in [0, 0.05) is 26.2 Å². The van der Waals surface area contributed by atoms with Crippen molar-refractivity contribution in [3.05, 3.63) is 30.2 Å². The molecule has 0 bridgehead atoms. The van der Waals surface area contributed by atoms with E-state index in [0.29, 0.717) is 24.5 Å². The number of nitrogens with one attached hydrogen (secondary N) is 1. The number of carbonyl (C=O) groups excluding carboxylic acids is 1. The molecule has 104 valence electrons. The minimum absolute atomic E-state index is 0.0938. The maximum Gasteiger partial charge on any atom is 0.276 e. The molecule has 2 aromatic heterocycles. The molecule has 0 spiro atoms. The highest BCUT2D eigenvalue weighted by Crippen LogP contribution is 2.15. The zero-order valence-corrected chi connectivity index (χ0v) is 10.9. The van der Waals surface area contributed by atoms with Gasteiger partial charge >= 0.3 is 0 Å². The summed E-state index contributed by atoms with van der Waals surface area (Å²) in [5.74, 6) is 0.788. The van der Waals surface area contributed by atoms with E-state index in [9.17, 15) is 4.79 Å². The van der Waals surface area contributed by atoms with Crippen LogP contribution in [0.25, 0.3) is 0 Å². The molecule has 8 nitrogen and oxygen atoms in total. The third-order valence-electron chi connectivity index (χ3n) is 3.30. The van der Waals surface area contributed by atoms with Gasteiger partial charge in [-0.25, -0.2) is 4.98 Å². The number of aromatic amines is 1. The summed E-state index contributed by atoms with van der Waals surface area (Å²) in [4.78, 5) is 20.3. The fourth-order valence-corrected chi connectivity index (χ4v) is 2.19. The molecule has 0 aliphatic carbocycles. The lowest BCUT2D eigenvalue weighted by Crippen LogP contribution is -2.49. The zero-order valence-electron chi connectivity index (χ0n) is 10.9. The lowest BCUT2D eigenvalue weighted by molar-refractivity contribution is 0.0740. The van der Waals surface area contributed by atoms with Gasteiger partial charge in [0.2, 0.25) is 0 Å². The minimum Gasteiger partial charge on any atom is -0.397 e. The number of hydrogen-bond acceptors (Lipinski definition) is 6. The molecular weight excluding hydrogens is 258 g/mol. The number of piperazine rings is 1. The summed E-state index contributed by atoms with van der Waals surface area (Å²) in [5.41, 5.74) is 6.62. The van der Waals surface area contributed by atoms with Crippen LogP contribution in [0.3, 0.4) is 0 Å². The number of nitrogen functional groups attached to an aromatic ring is 1. The standard InChI is InChI=1S/C12H15N7O/c13-9-1-2-11(14-7-9)18-3-5-19(6-4-18)12(20)10-8-15-17-16-10/h1-2,7-8H,3-6,13H2,(H,15,16,17).